The topological polar surface area (TPSA) is 38.3 Å². The Kier molecular flexibility index (Phi) is 6.56. The van der Waals surface area contributed by atoms with Crippen molar-refractivity contribution in [1.29, 1.82) is 0 Å². The molecule has 0 radical (unpaired) electrons. The molecule has 1 saturated carbocycles. The molecule has 27 heavy (non-hydrogen) atoms. The quantitative estimate of drug-likeness (QED) is 0.736. The summed E-state index contributed by atoms with van der Waals surface area (Å²) < 4.78 is 6.18. The number of halogens is 1. The Hall–Kier alpha value is -1.84. The molecule has 0 saturated heterocycles. The summed E-state index contributed by atoms with van der Waals surface area (Å²) in [5.41, 5.74) is 1.50. The van der Waals surface area contributed by atoms with Crippen LogP contribution in [0.2, 0.25) is 5.02 Å². The first-order chi connectivity index (χ1) is 13.0. The minimum absolute atomic E-state index is 0.0324. The van der Waals surface area contributed by atoms with Crippen molar-refractivity contribution in [2.75, 3.05) is 0 Å². The number of hydrogen-bond acceptors (Lipinski definition) is 2. The maximum Gasteiger partial charge on any atom is 0.230 e. The fourth-order valence-electron chi connectivity index (χ4n) is 3.59. The molecule has 2 aromatic carbocycles. The lowest BCUT2D eigenvalue weighted by molar-refractivity contribution is -0.128. The lowest BCUT2D eigenvalue weighted by Crippen LogP contribution is -2.51. The van der Waals surface area contributed by atoms with Crippen molar-refractivity contribution in [1.82, 2.24) is 5.32 Å². The number of nitrogens with one attached hydrogen (secondary N) is 1. The van der Waals surface area contributed by atoms with Gasteiger partial charge in [0, 0.05) is 5.02 Å². The van der Waals surface area contributed by atoms with E-state index >= 15 is 0 Å². The summed E-state index contributed by atoms with van der Waals surface area (Å²) >= 11 is 5.98. The van der Waals surface area contributed by atoms with Crippen LogP contribution in [-0.2, 0) is 21.6 Å². The van der Waals surface area contributed by atoms with E-state index < -0.39 is 5.41 Å². The number of amides is 1. The minimum atomic E-state index is -0.619. The fourth-order valence-corrected chi connectivity index (χ4v) is 3.71. The van der Waals surface area contributed by atoms with E-state index in [0.717, 1.165) is 36.8 Å². The average molecular weight is 386 g/mol. The van der Waals surface area contributed by atoms with Gasteiger partial charge in [0.15, 0.2) is 0 Å². The van der Waals surface area contributed by atoms with Crippen LogP contribution in [-0.4, -0.2) is 18.1 Å². The van der Waals surface area contributed by atoms with Crippen molar-refractivity contribution >= 4 is 17.5 Å². The van der Waals surface area contributed by atoms with Crippen LogP contribution in [0, 0.1) is 0 Å². The van der Waals surface area contributed by atoms with Crippen molar-refractivity contribution in [3.8, 4) is 0 Å². The molecule has 0 spiro atoms. The number of ether oxygens (including phenoxy) is 1. The van der Waals surface area contributed by atoms with E-state index in [1.807, 2.05) is 56.3 Å². The molecule has 0 unspecified atom stereocenters. The third-order valence-electron chi connectivity index (χ3n) is 5.46. The molecule has 3 rings (SSSR count). The Bertz CT molecular complexity index is 743. The normalized spacial score (nSPS) is 20.3. The lowest BCUT2D eigenvalue weighted by Gasteiger charge is -2.35. The molecule has 2 atom stereocenters. The van der Waals surface area contributed by atoms with E-state index in [-0.39, 0.29) is 18.1 Å². The summed E-state index contributed by atoms with van der Waals surface area (Å²) in [7, 11) is 0. The molecule has 0 aliphatic heterocycles. The lowest BCUT2D eigenvalue weighted by atomic mass is 9.82. The smallest absolute Gasteiger partial charge is 0.230 e. The van der Waals surface area contributed by atoms with Crippen molar-refractivity contribution in [3.05, 3.63) is 70.7 Å². The second-order valence-electron chi connectivity index (χ2n) is 7.83. The number of carbonyl (C=O) groups is 1. The molecule has 144 valence electrons. The highest BCUT2D eigenvalue weighted by Crippen LogP contribution is 2.27. The number of benzene rings is 2. The zero-order valence-corrected chi connectivity index (χ0v) is 16.8. The molecular weight excluding hydrogens is 358 g/mol. The second kappa shape index (κ2) is 8.90. The molecule has 4 heteroatoms. The molecule has 1 aliphatic rings. The Morgan fingerprint density at radius 2 is 1.74 bits per heavy atom. The van der Waals surface area contributed by atoms with Gasteiger partial charge in [-0.2, -0.15) is 0 Å². The SMILES string of the molecule is CC(C)(C(=O)N[C@@H]1CCCC[C@H]1OCc1ccccc1)c1ccc(Cl)cc1. The van der Waals surface area contributed by atoms with E-state index in [2.05, 4.69) is 17.4 Å². The predicted molar refractivity (Wildman–Crippen MR) is 110 cm³/mol. The standard InChI is InChI=1S/C23H28ClNO2/c1-23(2,18-12-14-19(24)15-13-18)22(26)25-20-10-6-7-11-21(20)27-16-17-8-4-3-5-9-17/h3-5,8-9,12-15,20-21H,6-7,10-11,16H2,1-2H3,(H,25,26)/t20-,21-/m1/s1. The van der Waals surface area contributed by atoms with Gasteiger partial charge in [0.25, 0.3) is 0 Å². The summed E-state index contributed by atoms with van der Waals surface area (Å²) in [6.45, 7) is 4.49. The van der Waals surface area contributed by atoms with E-state index in [0.29, 0.717) is 11.6 Å². The van der Waals surface area contributed by atoms with Crippen LogP contribution in [0.1, 0.15) is 50.7 Å². The van der Waals surface area contributed by atoms with Crippen LogP contribution in [0.4, 0.5) is 0 Å². The first kappa shape index (κ1) is 19.9. The molecule has 0 heterocycles. The van der Waals surface area contributed by atoms with Crippen molar-refractivity contribution in [3.63, 3.8) is 0 Å². The molecule has 2 aromatic rings. The summed E-state index contributed by atoms with van der Waals surface area (Å²) in [5, 5.41) is 3.94. The fraction of sp³-hybridized carbons (Fsp3) is 0.435. The van der Waals surface area contributed by atoms with Gasteiger partial charge in [0.2, 0.25) is 5.91 Å². The van der Waals surface area contributed by atoms with Crippen LogP contribution in [0.3, 0.4) is 0 Å². The van der Waals surface area contributed by atoms with Crippen LogP contribution in [0.25, 0.3) is 0 Å². The van der Waals surface area contributed by atoms with Crippen molar-refractivity contribution in [2.24, 2.45) is 0 Å². The predicted octanol–water partition coefficient (Wildman–Crippen LogP) is 5.26. The molecule has 1 amide bonds. The van der Waals surface area contributed by atoms with E-state index in [4.69, 9.17) is 16.3 Å². The van der Waals surface area contributed by atoms with Gasteiger partial charge >= 0.3 is 0 Å². The molecule has 0 bridgehead atoms. The Morgan fingerprint density at radius 1 is 1.07 bits per heavy atom. The molecule has 0 aromatic heterocycles. The van der Waals surface area contributed by atoms with Crippen LogP contribution in [0.15, 0.2) is 54.6 Å². The highest BCUT2D eigenvalue weighted by molar-refractivity contribution is 6.30. The molecular formula is C23H28ClNO2. The Labute approximate surface area is 167 Å². The molecule has 1 fully saturated rings. The number of carbonyl (C=O) groups excluding carboxylic acids is 1. The zero-order chi connectivity index (χ0) is 19.3. The van der Waals surface area contributed by atoms with Gasteiger partial charge in [-0.05, 0) is 49.9 Å². The maximum absolute atomic E-state index is 13.0. The maximum atomic E-state index is 13.0. The summed E-state index contributed by atoms with van der Waals surface area (Å²) in [5.74, 6) is 0.0324. The molecule has 3 nitrogen and oxygen atoms in total. The minimum Gasteiger partial charge on any atom is -0.371 e. The third kappa shape index (κ3) is 5.12. The monoisotopic (exact) mass is 385 g/mol. The van der Waals surface area contributed by atoms with Gasteiger partial charge in [0.1, 0.15) is 0 Å². The highest BCUT2D eigenvalue weighted by atomic mass is 35.5. The highest BCUT2D eigenvalue weighted by Gasteiger charge is 2.34. The van der Waals surface area contributed by atoms with Gasteiger partial charge in [-0.3, -0.25) is 4.79 Å². The first-order valence-corrected chi connectivity index (χ1v) is 10.1. The Morgan fingerprint density at radius 3 is 2.44 bits per heavy atom. The zero-order valence-electron chi connectivity index (χ0n) is 16.1. The van der Waals surface area contributed by atoms with E-state index in [1.165, 1.54) is 0 Å². The van der Waals surface area contributed by atoms with Gasteiger partial charge in [-0.15, -0.1) is 0 Å². The Balaban J connectivity index is 1.64. The van der Waals surface area contributed by atoms with Crippen molar-refractivity contribution < 1.29 is 9.53 Å². The second-order valence-corrected chi connectivity index (χ2v) is 8.27. The van der Waals surface area contributed by atoms with Gasteiger partial charge < -0.3 is 10.1 Å². The van der Waals surface area contributed by atoms with Gasteiger partial charge in [-0.1, -0.05) is 66.9 Å². The van der Waals surface area contributed by atoms with Gasteiger partial charge in [0.05, 0.1) is 24.2 Å². The summed E-state index contributed by atoms with van der Waals surface area (Å²) in [4.78, 5) is 13.0. The van der Waals surface area contributed by atoms with Crippen LogP contribution < -0.4 is 5.32 Å². The number of rotatable bonds is 6. The van der Waals surface area contributed by atoms with Crippen molar-refractivity contribution in [2.45, 2.75) is 63.7 Å². The molecule has 1 aliphatic carbocycles. The largest absolute Gasteiger partial charge is 0.371 e. The van der Waals surface area contributed by atoms with Crippen LogP contribution in [0.5, 0.6) is 0 Å². The summed E-state index contributed by atoms with van der Waals surface area (Å²) in [6, 6.07) is 17.8. The van der Waals surface area contributed by atoms with E-state index in [1.54, 1.807) is 0 Å². The van der Waals surface area contributed by atoms with E-state index in [9.17, 15) is 4.79 Å². The third-order valence-corrected chi connectivity index (χ3v) is 5.71. The van der Waals surface area contributed by atoms with Gasteiger partial charge in [-0.25, -0.2) is 0 Å². The summed E-state index contributed by atoms with van der Waals surface area (Å²) in [6.07, 6.45) is 4.27. The first-order valence-electron chi connectivity index (χ1n) is 9.69. The average Bonchev–Trinajstić information content (AvgIpc) is 2.68. The van der Waals surface area contributed by atoms with Crippen LogP contribution >= 0.6 is 11.6 Å². The molecule has 1 N–H and O–H groups in total. The number of hydrogen-bond donors (Lipinski definition) is 1.